The molecule has 39 heavy (non-hydrogen) atoms. The van der Waals surface area contributed by atoms with Crippen LogP contribution in [0.1, 0.15) is 44.6 Å². The van der Waals surface area contributed by atoms with Crippen molar-refractivity contribution < 1.29 is 27.7 Å². The van der Waals surface area contributed by atoms with E-state index in [1.807, 2.05) is 12.1 Å². The lowest BCUT2D eigenvalue weighted by Gasteiger charge is -2.33. The van der Waals surface area contributed by atoms with Gasteiger partial charge >= 0.3 is 0 Å². The number of nitro benzene ring substituents is 1. The van der Waals surface area contributed by atoms with Gasteiger partial charge in [0.15, 0.2) is 0 Å². The lowest BCUT2D eigenvalue weighted by atomic mass is 9.95. The summed E-state index contributed by atoms with van der Waals surface area (Å²) in [4.78, 5) is 39.1. The van der Waals surface area contributed by atoms with Crippen LogP contribution in [0, 0.1) is 10.1 Å². The molecule has 0 aromatic heterocycles. The molecular weight excluding hydrogens is 592 g/mol. The third-order valence-electron chi connectivity index (χ3n) is 6.68. The molecule has 212 valence electrons. The fourth-order valence-corrected chi connectivity index (χ4v) is 5.86. The molecule has 13 heteroatoms. The Hall–Kier alpha value is -3.19. The number of sulfonamides is 1. The molecule has 1 fully saturated rings. The fourth-order valence-electron chi connectivity index (χ4n) is 4.56. The maximum absolute atomic E-state index is 13.8. The summed E-state index contributed by atoms with van der Waals surface area (Å²) in [6, 6.07) is 9.85. The normalized spacial score (nSPS) is 14.8. The van der Waals surface area contributed by atoms with Gasteiger partial charge in [0.25, 0.3) is 5.69 Å². The Balaban J connectivity index is 1.96. The summed E-state index contributed by atoms with van der Waals surface area (Å²) in [5, 5.41) is 14.4. The van der Waals surface area contributed by atoms with Crippen molar-refractivity contribution in [3.63, 3.8) is 0 Å². The highest BCUT2D eigenvalue weighted by molar-refractivity contribution is 9.10. The average Bonchev–Trinajstić information content (AvgIpc) is 2.89. The van der Waals surface area contributed by atoms with Crippen molar-refractivity contribution in [2.24, 2.45) is 0 Å². The largest absolute Gasteiger partial charge is 0.495 e. The van der Waals surface area contributed by atoms with Crippen molar-refractivity contribution in [3.05, 3.63) is 62.6 Å². The van der Waals surface area contributed by atoms with Crippen LogP contribution < -0.4 is 14.4 Å². The summed E-state index contributed by atoms with van der Waals surface area (Å²) in [6.07, 6.45) is 5.80. The Morgan fingerprint density at radius 2 is 1.87 bits per heavy atom. The standard InChI is InChI=1S/C26H33BrN4O7S/c1-18(26(33)28-21-10-5-4-6-11-21)29(16-19-8-7-9-20(27)14-19)25(32)17-30(39(3,36)37)23-15-22(31(34)35)12-13-24(23)38-2/h7-9,12-15,18,21H,4-6,10-11,16-17H2,1-3H3,(H,28,33). The summed E-state index contributed by atoms with van der Waals surface area (Å²) in [6.45, 7) is 0.958. The molecule has 0 spiro atoms. The fraction of sp³-hybridized carbons (Fsp3) is 0.462. The number of nitro groups is 1. The molecule has 1 aliphatic carbocycles. The first-order valence-electron chi connectivity index (χ1n) is 12.5. The Labute approximate surface area is 236 Å². The molecule has 1 unspecified atom stereocenters. The second kappa shape index (κ2) is 13.2. The van der Waals surface area contributed by atoms with Crippen LogP contribution in [0.5, 0.6) is 5.75 Å². The average molecular weight is 626 g/mol. The predicted octanol–water partition coefficient (Wildman–Crippen LogP) is 4.00. The zero-order chi connectivity index (χ0) is 28.7. The van der Waals surface area contributed by atoms with Gasteiger partial charge in [0, 0.05) is 29.2 Å². The van der Waals surface area contributed by atoms with Gasteiger partial charge in [-0.3, -0.25) is 24.0 Å². The number of nitrogens with one attached hydrogen (secondary N) is 1. The number of amides is 2. The number of rotatable bonds is 11. The Morgan fingerprint density at radius 1 is 1.18 bits per heavy atom. The van der Waals surface area contributed by atoms with Gasteiger partial charge in [-0.15, -0.1) is 0 Å². The molecule has 1 atom stereocenters. The number of nitrogens with zero attached hydrogens (tertiary/aromatic N) is 3. The minimum absolute atomic E-state index is 0.0261. The summed E-state index contributed by atoms with van der Waals surface area (Å²) in [7, 11) is -2.80. The Bertz CT molecular complexity index is 1320. The molecule has 2 aromatic rings. The number of hydrogen-bond acceptors (Lipinski definition) is 7. The van der Waals surface area contributed by atoms with E-state index in [4.69, 9.17) is 4.74 Å². The van der Waals surface area contributed by atoms with Gasteiger partial charge in [0.2, 0.25) is 21.8 Å². The minimum atomic E-state index is -4.09. The molecule has 11 nitrogen and oxygen atoms in total. The van der Waals surface area contributed by atoms with Crippen molar-refractivity contribution in [2.45, 2.75) is 57.7 Å². The number of carbonyl (C=O) groups is 2. The SMILES string of the molecule is COc1ccc([N+](=O)[O-])cc1N(CC(=O)N(Cc1cccc(Br)c1)C(C)C(=O)NC1CCCCC1)S(C)(=O)=O. The molecule has 1 saturated carbocycles. The molecule has 0 saturated heterocycles. The first-order valence-corrected chi connectivity index (χ1v) is 15.2. The number of carbonyl (C=O) groups excluding carboxylic acids is 2. The molecule has 0 aliphatic heterocycles. The Kier molecular flexibility index (Phi) is 10.3. The van der Waals surface area contributed by atoms with Crippen LogP contribution in [0.3, 0.4) is 0 Å². The lowest BCUT2D eigenvalue weighted by molar-refractivity contribution is -0.384. The van der Waals surface area contributed by atoms with Gasteiger partial charge in [0.05, 0.1) is 18.3 Å². The molecule has 2 aromatic carbocycles. The minimum Gasteiger partial charge on any atom is -0.495 e. The first kappa shape index (κ1) is 30.4. The van der Waals surface area contributed by atoms with Crippen molar-refractivity contribution >= 4 is 49.1 Å². The van der Waals surface area contributed by atoms with Gasteiger partial charge < -0.3 is 15.0 Å². The van der Waals surface area contributed by atoms with Crippen molar-refractivity contribution in [3.8, 4) is 5.75 Å². The second-order valence-corrected chi connectivity index (χ2v) is 12.4. The highest BCUT2D eigenvalue weighted by atomic mass is 79.9. The third kappa shape index (κ3) is 8.15. The maximum atomic E-state index is 13.8. The molecule has 0 bridgehead atoms. The monoisotopic (exact) mass is 624 g/mol. The van der Waals surface area contributed by atoms with Crippen molar-refractivity contribution in [2.75, 3.05) is 24.2 Å². The maximum Gasteiger partial charge on any atom is 0.271 e. The van der Waals surface area contributed by atoms with Crippen LogP contribution in [-0.2, 0) is 26.2 Å². The van der Waals surface area contributed by atoms with E-state index in [0.29, 0.717) is 0 Å². The quantitative estimate of drug-likeness (QED) is 0.294. The van der Waals surface area contributed by atoms with E-state index in [0.717, 1.165) is 58.8 Å². The number of methoxy groups -OCH3 is 1. The summed E-state index contributed by atoms with van der Waals surface area (Å²) < 4.78 is 32.5. The smallest absolute Gasteiger partial charge is 0.271 e. The van der Waals surface area contributed by atoms with E-state index in [2.05, 4.69) is 21.2 Å². The summed E-state index contributed by atoms with van der Waals surface area (Å²) in [5.41, 5.74) is 0.219. The number of ether oxygens (including phenoxy) is 1. The number of hydrogen-bond donors (Lipinski definition) is 1. The first-order chi connectivity index (χ1) is 18.4. The lowest BCUT2D eigenvalue weighted by Crippen LogP contribution is -2.53. The van der Waals surface area contributed by atoms with Gasteiger partial charge in [-0.05, 0) is 43.5 Å². The van der Waals surface area contributed by atoms with Gasteiger partial charge in [0.1, 0.15) is 24.0 Å². The molecule has 0 heterocycles. The number of anilines is 1. The van der Waals surface area contributed by atoms with E-state index in [1.54, 1.807) is 19.1 Å². The summed E-state index contributed by atoms with van der Waals surface area (Å²) >= 11 is 3.41. The predicted molar refractivity (Wildman–Crippen MR) is 151 cm³/mol. The highest BCUT2D eigenvalue weighted by Gasteiger charge is 2.32. The third-order valence-corrected chi connectivity index (χ3v) is 8.30. The summed E-state index contributed by atoms with van der Waals surface area (Å²) in [5.74, 6) is -0.940. The van der Waals surface area contributed by atoms with Crippen LogP contribution in [0.25, 0.3) is 0 Å². The molecular formula is C26H33BrN4O7S. The van der Waals surface area contributed by atoms with Crippen LogP contribution in [0.4, 0.5) is 11.4 Å². The van der Waals surface area contributed by atoms with Crippen LogP contribution in [0.2, 0.25) is 0 Å². The van der Waals surface area contributed by atoms with Gasteiger partial charge in [-0.25, -0.2) is 8.42 Å². The molecule has 1 N–H and O–H groups in total. The molecule has 3 rings (SSSR count). The van der Waals surface area contributed by atoms with E-state index in [1.165, 1.54) is 24.1 Å². The van der Waals surface area contributed by atoms with Crippen LogP contribution >= 0.6 is 15.9 Å². The van der Waals surface area contributed by atoms with E-state index >= 15 is 0 Å². The molecule has 2 amide bonds. The number of benzene rings is 2. The molecule has 0 radical (unpaired) electrons. The number of non-ortho nitro benzene ring substituents is 1. The number of halogens is 1. The second-order valence-electron chi connectivity index (χ2n) is 9.55. The van der Waals surface area contributed by atoms with E-state index < -0.39 is 33.4 Å². The van der Waals surface area contributed by atoms with Gasteiger partial charge in [-0.2, -0.15) is 0 Å². The van der Waals surface area contributed by atoms with Crippen LogP contribution in [0.15, 0.2) is 46.9 Å². The zero-order valence-corrected chi connectivity index (χ0v) is 24.5. The van der Waals surface area contributed by atoms with E-state index in [9.17, 15) is 28.1 Å². The van der Waals surface area contributed by atoms with Crippen LogP contribution in [-0.4, -0.2) is 62.0 Å². The van der Waals surface area contributed by atoms with Gasteiger partial charge in [-0.1, -0.05) is 47.3 Å². The van der Waals surface area contributed by atoms with Crippen molar-refractivity contribution in [1.82, 2.24) is 10.2 Å². The topological polar surface area (TPSA) is 139 Å². The highest BCUT2D eigenvalue weighted by Crippen LogP contribution is 2.34. The molecule has 1 aliphatic rings. The Morgan fingerprint density at radius 3 is 2.46 bits per heavy atom. The van der Waals surface area contributed by atoms with Crippen molar-refractivity contribution in [1.29, 1.82) is 0 Å². The van der Waals surface area contributed by atoms with E-state index in [-0.39, 0.29) is 35.6 Å². The zero-order valence-electron chi connectivity index (χ0n) is 22.1.